The van der Waals surface area contributed by atoms with Gasteiger partial charge in [-0.15, -0.1) is 0 Å². The van der Waals surface area contributed by atoms with Gasteiger partial charge < -0.3 is 19.5 Å². The Balaban J connectivity index is 2.14. The van der Waals surface area contributed by atoms with E-state index in [0.717, 1.165) is 31.2 Å². The zero-order valence-electron chi connectivity index (χ0n) is 19.2. The van der Waals surface area contributed by atoms with Crippen molar-refractivity contribution in [2.24, 2.45) is 0 Å². The molecule has 0 radical (unpaired) electrons. The zero-order chi connectivity index (χ0) is 23.3. The summed E-state index contributed by atoms with van der Waals surface area (Å²) >= 11 is 0. The van der Waals surface area contributed by atoms with Crippen LogP contribution in [0.1, 0.15) is 55.3 Å². The number of amides is 1. The van der Waals surface area contributed by atoms with Crippen molar-refractivity contribution >= 4 is 17.4 Å². The van der Waals surface area contributed by atoms with Gasteiger partial charge in [0.1, 0.15) is 17.3 Å². The van der Waals surface area contributed by atoms with E-state index in [1.54, 1.807) is 42.3 Å². The van der Waals surface area contributed by atoms with Gasteiger partial charge in [0.25, 0.3) is 11.7 Å². The van der Waals surface area contributed by atoms with Crippen molar-refractivity contribution in [2.75, 3.05) is 20.8 Å². The molecule has 6 nitrogen and oxygen atoms in total. The second-order valence-electron chi connectivity index (χ2n) is 8.03. The molecule has 0 spiro atoms. The number of rotatable bonds is 9. The summed E-state index contributed by atoms with van der Waals surface area (Å²) in [6.07, 6.45) is 3.87. The third-order valence-corrected chi connectivity index (χ3v) is 5.85. The minimum absolute atomic E-state index is 0.0813. The van der Waals surface area contributed by atoms with Crippen molar-refractivity contribution in [2.45, 2.75) is 45.6 Å². The van der Waals surface area contributed by atoms with Crippen molar-refractivity contribution < 1.29 is 24.2 Å². The minimum atomic E-state index is -0.737. The van der Waals surface area contributed by atoms with E-state index in [9.17, 15) is 14.7 Å². The quantitative estimate of drug-likeness (QED) is 0.258. The number of methoxy groups -OCH3 is 2. The number of unbranched alkanes of at least 4 members (excludes halogenated alkanes) is 3. The molecular formula is C26H31NO5. The maximum Gasteiger partial charge on any atom is 0.295 e. The van der Waals surface area contributed by atoms with Gasteiger partial charge in [0.2, 0.25) is 0 Å². The van der Waals surface area contributed by atoms with Crippen LogP contribution in [0.5, 0.6) is 11.5 Å². The number of ether oxygens (including phenoxy) is 2. The maximum atomic E-state index is 13.1. The van der Waals surface area contributed by atoms with Crippen LogP contribution in [0.15, 0.2) is 48.0 Å². The van der Waals surface area contributed by atoms with Crippen LogP contribution in [0.3, 0.4) is 0 Å². The number of ketones is 1. The lowest BCUT2D eigenvalue weighted by Crippen LogP contribution is -2.30. The van der Waals surface area contributed by atoms with Crippen molar-refractivity contribution in [1.82, 2.24) is 4.90 Å². The molecule has 1 amide bonds. The highest BCUT2D eigenvalue weighted by atomic mass is 16.5. The summed E-state index contributed by atoms with van der Waals surface area (Å²) < 4.78 is 10.9. The molecule has 0 bridgehead atoms. The van der Waals surface area contributed by atoms with E-state index in [4.69, 9.17) is 9.47 Å². The van der Waals surface area contributed by atoms with Crippen LogP contribution in [-0.2, 0) is 9.59 Å². The van der Waals surface area contributed by atoms with Gasteiger partial charge in [-0.25, -0.2) is 0 Å². The molecule has 0 unspecified atom stereocenters. The fourth-order valence-corrected chi connectivity index (χ4v) is 4.05. The predicted molar refractivity (Wildman–Crippen MR) is 124 cm³/mol. The number of aryl methyl sites for hydroxylation is 1. The molecule has 1 aliphatic rings. The lowest BCUT2D eigenvalue weighted by Gasteiger charge is -2.27. The highest BCUT2D eigenvalue weighted by Gasteiger charge is 2.46. The second kappa shape index (κ2) is 10.4. The summed E-state index contributed by atoms with van der Waals surface area (Å²) in [7, 11) is 3.09. The van der Waals surface area contributed by atoms with Gasteiger partial charge in [-0.3, -0.25) is 9.59 Å². The van der Waals surface area contributed by atoms with E-state index in [1.807, 2.05) is 19.1 Å². The van der Waals surface area contributed by atoms with E-state index >= 15 is 0 Å². The van der Waals surface area contributed by atoms with Crippen LogP contribution in [0.25, 0.3) is 5.76 Å². The van der Waals surface area contributed by atoms with Gasteiger partial charge in [-0.2, -0.15) is 0 Å². The minimum Gasteiger partial charge on any atom is -0.507 e. The second-order valence-corrected chi connectivity index (χ2v) is 8.03. The van der Waals surface area contributed by atoms with Gasteiger partial charge in [-0.1, -0.05) is 56.0 Å². The van der Waals surface area contributed by atoms with E-state index in [0.29, 0.717) is 29.2 Å². The Morgan fingerprint density at radius 3 is 2.34 bits per heavy atom. The van der Waals surface area contributed by atoms with Gasteiger partial charge in [0.15, 0.2) is 0 Å². The summed E-state index contributed by atoms with van der Waals surface area (Å²) in [5.41, 5.74) is 2.25. The fourth-order valence-electron chi connectivity index (χ4n) is 4.05. The molecule has 1 heterocycles. The maximum absolute atomic E-state index is 13.1. The van der Waals surface area contributed by atoms with Crippen LogP contribution in [0.2, 0.25) is 0 Å². The highest BCUT2D eigenvalue weighted by molar-refractivity contribution is 6.46. The molecule has 1 aliphatic heterocycles. The SMILES string of the molecule is CCCCCCN1C(=O)C(=O)/C(=C(/O)c2ccc(C)cc2)[C@H]1c1ccc(OC)cc1OC. The first-order chi connectivity index (χ1) is 15.4. The Bertz CT molecular complexity index is 1010. The molecule has 0 saturated carbocycles. The van der Waals surface area contributed by atoms with Crippen LogP contribution < -0.4 is 9.47 Å². The number of hydrogen-bond acceptors (Lipinski definition) is 5. The van der Waals surface area contributed by atoms with Gasteiger partial charge in [0, 0.05) is 23.7 Å². The van der Waals surface area contributed by atoms with Crippen molar-refractivity contribution in [1.29, 1.82) is 0 Å². The van der Waals surface area contributed by atoms with Gasteiger partial charge in [-0.05, 0) is 25.5 Å². The average molecular weight is 438 g/mol. The Labute approximate surface area is 189 Å². The first kappa shape index (κ1) is 23.4. The summed E-state index contributed by atoms with van der Waals surface area (Å²) in [5, 5.41) is 11.1. The molecule has 2 aromatic rings. The first-order valence-electron chi connectivity index (χ1n) is 11.0. The summed E-state index contributed by atoms with van der Waals surface area (Å²) in [6.45, 7) is 4.49. The fraction of sp³-hybridized carbons (Fsp3) is 0.385. The molecule has 32 heavy (non-hydrogen) atoms. The lowest BCUT2D eigenvalue weighted by molar-refractivity contribution is -0.139. The summed E-state index contributed by atoms with van der Waals surface area (Å²) in [6, 6.07) is 11.8. The largest absolute Gasteiger partial charge is 0.507 e. The zero-order valence-corrected chi connectivity index (χ0v) is 19.2. The Hall–Kier alpha value is -3.28. The molecule has 1 N–H and O–H groups in total. The number of likely N-dealkylation sites (tertiary alicyclic amines) is 1. The number of aliphatic hydroxyl groups excluding tert-OH is 1. The van der Waals surface area contributed by atoms with Gasteiger partial charge in [0.05, 0.1) is 25.8 Å². The molecule has 3 rings (SSSR count). The van der Waals surface area contributed by atoms with Gasteiger partial charge >= 0.3 is 0 Å². The number of hydrogen-bond donors (Lipinski definition) is 1. The van der Waals surface area contributed by atoms with E-state index in [-0.39, 0.29) is 11.3 Å². The Morgan fingerprint density at radius 2 is 1.72 bits per heavy atom. The number of nitrogens with zero attached hydrogens (tertiary/aromatic N) is 1. The Kier molecular flexibility index (Phi) is 7.57. The monoisotopic (exact) mass is 437 g/mol. The van der Waals surface area contributed by atoms with E-state index in [1.165, 1.54) is 7.11 Å². The third kappa shape index (κ3) is 4.64. The number of carbonyl (C=O) groups is 2. The van der Waals surface area contributed by atoms with Crippen LogP contribution >= 0.6 is 0 Å². The number of carbonyl (C=O) groups excluding carboxylic acids is 2. The van der Waals surface area contributed by atoms with Crippen LogP contribution in [-0.4, -0.2) is 42.5 Å². The molecule has 0 aliphatic carbocycles. The Morgan fingerprint density at radius 1 is 1.00 bits per heavy atom. The lowest BCUT2D eigenvalue weighted by atomic mass is 9.94. The first-order valence-corrected chi connectivity index (χ1v) is 11.0. The van der Waals surface area contributed by atoms with E-state index < -0.39 is 17.7 Å². The molecule has 170 valence electrons. The number of aliphatic hydroxyl groups is 1. The van der Waals surface area contributed by atoms with Crippen molar-refractivity contribution in [3.05, 3.63) is 64.7 Å². The predicted octanol–water partition coefficient (Wildman–Crippen LogP) is 5.01. The molecule has 0 aromatic heterocycles. The van der Waals surface area contributed by atoms with Crippen molar-refractivity contribution in [3.63, 3.8) is 0 Å². The molecular weight excluding hydrogens is 406 g/mol. The van der Waals surface area contributed by atoms with Crippen LogP contribution in [0.4, 0.5) is 0 Å². The third-order valence-electron chi connectivity index (χ3n) is 5.85. The molecule has 2 aromatic carbocycles. The number of Topliss-reactive ketones (excluding diaryl/α,β-unsaturated/α-hetero) is 1. The smallest absolute Gasteiger partial charge is 0.295 e. The molecule has 6 heteroatoms. The standard InChI is InChI=1S/C26H31NO5/c1-5-6-7-8-15-27-23(20-14-13-19(31-3)16-21(20)32-4)22(25(29)26(27)30)24(28)18-11-9-17(2)10-12-18/h9-14,16,23,28H,5-8,15H2,1-4H3/b24-22+/t23-/m1/s1. The normalized spacial score (nSPS) is 17.6. The van der Waals surface area contributed by atoms with Crippen molar-refractivity contribution in [3.8, 4) is 11.5 Å². The summed E-state index contributed by atoms with van der Waals surface area (Å²) in [5.74, 6) is -0.365. The highest BCUT2D eigenvalue weighted by Crippen LogP contribution is 2.43. The molecule has 1 atom stereocenters. The average Bonchev–Trinajstić information content (AvgIpc) is 3.06. The summed E-state index contributed by atoms with van der Waals surface area (Å²) in [4.78, 5) is 27.7. The topological polar surface area (TPSA) is 76.1 Å². The molecule has 1 saturated heterocycles. The molecule has 1 fully saturated rings. The number of benzene rings is 2. The van der Waals surface area contributed by atoms with Crippen LogP contribution in [0, 0.1) is 6.92 Å². The van der Waals surface area contributed by atoms with E-state index in [2.05, 4.69) is 6.92 Å².